The third-order valence-electron chi connectivity index (χ3n) is 0. The molecule has 0 saturated heterocycles. The van der Waals surface area contributed by atoms with E-state index >= 15 is 0 Å². The summed E-state index contributed by atoms with van der Waals surface area (Å²) in [4.78, 5) is 25.0. The number of isocyanates is 3. The van der Waals surface area contributed by atoms with Crippen molar-refractivity contribution in [3.05, 3.63) is 0 Å². The van der Waals surface area contributed by atoms with Gasteiger partial charge in [0.1, 0.15) is 0 Å². The normalized spacial score (nSPS) is 2.18. The molecule has 0 aliphatic rings. The maximum Gasteiger partial charge on any atom is 0.231 e. The summed E-state index contributed by atoms with van der Waals surface area (Å²) >= 11 is 0. The average Bonchev–Trinajstić information content (AvgIpc) is 1.70. The van der Waals surface area contributed by atoms with Crippen LogP contribution in [0.1, 0.15) is 14.9 Å². The van der Waals surface area contributed by atoms with Gasteiger partial charge in [-0.3, -0.25) is 0 Å². The molecule has 0 aromatic carbocycles. The number of hydrogen-bond acceptors (Lipinski definition) is 6. The molecule has 0 heterocycles. The zero-order chi connectivity index (χ0) is 8.12. The molecule has 0 rings (SSSR count). The molecule has 0 atom stereocenters. The SMILES string of the molecule is C.C.N=C=O.N=C=O.N=C=O. The third kappa shape index (κ3) is 88.7. The molecule has 0 aliphatic carbocycles. The number of nitrogens with one attached hydrogen (secondary N) is 3. The van der Waals surface area contributed by atoms with Crippen molar-refractivity contribution in [1.29, 1.82) is 16.2 Å². The highest BCUT2D eigenvalue weighted by atomic mass is 16.1. The second-order valence-electron chi connectivity index (χ2n) is 0.306. The first kappa shape index (κ1) is 35.3. The van der Waals surface area contributed by atoms with Crippen LogP contribution in [0.5, 0.6) is 0 Å². The Bertz CT molecular complexity index is 109. The number of rotatable bonds is 0. The van der Waals surface area contributed by atoms with Gasteiger partial charge in [-0.1, -0.05) is 14.9 Å². The van der Waals surface area contributed by atoms with Crippen molar-refractivity contribution in [2.24, 2.45) is 0 Å². The van der Waals surface area contributed by atoms with E-state index in [2.05, 4.69) is 0 Å². The molecule has 6 heteroatoms. The van der Waals surface area contributed by atoms with E-state index in [1.165, 1.54) is 0 Å². The minimum atomic E-state index is 0. The van der Waals surface area contributed by atoms with E-state index in [-0.39, 0.29) is 14.9 Å². The second-order valence-corrected chi connectivity index (χ2v) is 0.306. The molecular formula is C5H11N3O3. The van der Waals surface area contributed by atoms with Crippen LogP contribution in [-0.2, 0) is 14.4 Å². The first-order valence-corrected chi connectivity index (χ1v) is 1.36. The van der Waals surface area contributed by atoms with Crippen LogP contribution < -0.4 is 0 Å². The molecular weight excluding hydrogens is 150 g/mol. The van der Waals surface area contributed by atoms with Crippen LogP contribution in [0, 0.1) is 16.2 Å². The Kier molecular flexibility index (Phi) is 1030. The Labute approximate surface area is 64.8 Å². The standard InChI is InChI=1S/3CHNO.2CH4/c3*2-1-3;;/h3*2H;2*1H4. The second kappa shape index (κ2) is 319. The van der Waals surface area contributed by atoms with Crippen LogP contribution in [0.25, 0.3) is 0 Å². The highest BCUT2D eigenvalue weighted by Gasteiger charge is 1.04. The lowest BCUT2D eigenvalue weighted by atomic mass is 11.7. The van der Waals surface area contributed by atoms with Gasteiger partial charge in [0.25, 0.3) is 0 Å². The molecule has 0 bridgehead atoms. The summed E-state index contributed by atoms with van der Waals surface area (Å²) in [5.41, 5.74) is 0. The molecule has 0 radical (unpaired) electrons. The van der Waals surface area contributed by atoms with Gasteiger partial charge in [-0.25, -0.2) is 30.6 Å². The van der Waals surface area contributed by atoms with E-state index < -0.39 is 0 Å². The summed E-state index contributed by atoms with van der Waals surface area (Å²) in [5, 5.41) is 16.2. The fourth-order valence-electron chi connectivity index (χ4n) is 0. The molecule has 6 nitrogen and oxygen atoms in total. The van der Waals surface area contributed by atoms with E-state index in [0.29, 0.717) is 0 Å². The lowest BCUT2D eigenvalue weighted by Gasteiger charge is -1.02. The van der Waals surface area contributed by atoms with E-state index in [9.17, 15) is 0 Å². The molecule has 0 amide bonds. The van der Waals surface area contributed by atoms with Gasteiger partial charge in [0.2, 0.25) is 18.2 Å². The van der Waals surface area contributed by atoms with Crippen molar-refractivity contribution in [2.45, 2.75) is 14.9 Å². The molecule has 0 saturated carbocycles. The summed E-state index contributed by atoms with van der Waals surface area (Å²) in [6, 6.07) is 0. The van der Waals surface area contributed by atoms with Gasteiger partial charge < -0.3 is 0 Å². The Morgan fingerprint density at radius 1 is 0.636 bits per heavy atom. The first-order chi connectivity index (χ1) is 4.24. The Morgan fingerprint density at radius 3 is 0.636 bits per heavy atom. The maximum atomic E-state index is 8.35. The highest BCUT2D eigenvalue weighted by molar-refractivity contribution is 5.26. The van der Waals surface area contributed by atoms with Gasteiger partial charge in [-0.05, 0) is 0 Å². The first-order valence-electron chi connectivity index (χ1n) is 1.36. The van der Waals surface area contributed by atoms with Crippen LogP contribution >= 0.6 is 0 Å². The molecule has 0 aliphatic heterocycles. The van der Waals surface area contributed by atoms with Crippen LogP contribution in [0.2, 0.25) is 0 Å². The fourth-order valence-corrected chi connectivity index (χ4v) is 0. The zero-order valence-electron chi connectivity index (χ0n) is 4.22. The van der Waals surface area contributed by atoms with Crippen molar-refractivity contribution in [2.75, 3.05) is 0 Å². The van der Waals surface area contributed by atoms with Crippen molar-refractivity contribution in [3.63, 3.8) is 0 Å². The van der Waals surface area contributed by atoms with Crippen LogP contribution in [0.4, 0.5) is 0 Å². The number of carbonyl (C=O) groups excluding carboxylic acids is 3. The summed E-state index contributed by atoms with van der Waals surface area (Å²) in [6.45, 7) is 0. The van der Waals surface area contributed by atoms with Gasteiger partial charge in [0, 0.05) is 0 Å². The van der Waals surface area contributed by atoms with Gasteiger partial charge in [-0.15, -0.1) is 0 Å². The van der Waals surface area contributed by atoms with Gasteiger partial charge in [-0.2, -0.15) is 0 Å². The van der Waals surface area contributed by atoms with E-state index in [1.807, 2.05) is 0 Å². The minimum absolute atomic E-state index is 0. The maximum absolute atomic E-state index is 8.35. The monoisotopic (exact) mass is 161 g/mol. The minimum Gasteiger partial charge on any atom is -0.222 e. The quantitative estimate of drug-likeness (QED) is 0.362. The van der Waals surface area contributed by atoms with Crippen molar-refractivity contribution in [3.8, 4) is 0 Å². The molecule has 0 aromatic heterocycles. The summed E-state index contributed by atoms with van der Waals surface area (Å²) in [6.07, 6.45) is 2.25. The van der Waals surface area contributed by atoms with Crippen LogP contribution in [0.3, 0.4) is 0 Å². The largest absolute Gasteiger partial charge is 0.231 e. The van der Waals surface area contributed by atoms with Crippen LogP contribution in [-0.4, -0.2) is 18.2 Å². The molecule has 0 aromatic rings. The van der Waals surface area contributed by atoms with Gasteiger partial charge in [0.05, 0.1) is 0 Å². The summed E-state index contributed by atoms with van der Waals surface area (Å²) in [5.74, 6) is 0. The van der Waals surface area contributed by atoms with Gasteiger partial charge in [0.15, 0.2) is 0 Å². The third-order valence-corrected chi connectivity index (χ3v) is 0. The summed E-state index contributed by atoms with van der Waals surface area (Å²) in [7, 11) is 0. The molecule has 0 unspecified atom stereocenters. The number of hydrogen-bond donors (Lipinski definition) is 3. The molecule has 64 valence electrons. The Hall–Kier alpha value is -1.86. The van der Waals surface area contributed by atoms with Crippen molar-refractivity contribution < 1.29 is 14.4 Å². The smallest absolute Gasteiger partial charge is 0.222 e. The average molecular weight is 161 g/mol. The van der Waals surface area contributed by atoms with E-state index in [4.69, 9.17) is 30.6 Å². The molecule has 3 N–H and O–H groups in total. The lowest BCUT2D eigenvalue weighted by molar-refractivity contribution is 0.562. The molecule has 0 spiro atoms. The Morgan fingerprint density at radius 2 is 0.636 bits per heavy atom. The topological polar surface area (TPSA) is 123 Å². The predicted molar refractivity (Wildman–Crippen MR) is 38.7 cm³/mol. The van der Waals surface area contributed by atoms with E-state index in [0.717, 1.165) is 18.2 Å². The van der Waals surface area contributed by atoms with E-state index in [1.54, 1.807) is 0 Å². The highest BCUT2D eigenvalue weighted by Crippen LogP contribution is 0.874. The lowest BCUT2D eigenvalue weighted by Crippen LogP contribution is -1.16. The summed E-state index contributed by atoms with van der Waals surface area (Å²) < 4.78 is 0. The van der Waals surface area contributed by atoms with Crippen molar-refractivity contribution >= 4 is 18.2 Å². The zero-order valence-corrected chi connectivity index (χ0v) is 4.22. The predicted octanol–water partition coefficient (Wildman–Crippen LogP) is 0.975. The van der Waals surface area contributed by atoms with Crippen LogP contribution in [0.15, 0.2) is 0 Å². The van der Waals surface area contributed by atoms with Gasteiger partial charge >= 0.3 is 0 Å². The van der Waals surface area contributed by atoms with Crippen molar-refractivity contribution in [1.82, 2.24) is 0 Å². The Balaban J connectivity index is -0.0000000150. The molecule has 0 fully saturated rings. The fraction of sp³-hybridized carbons (Fsp3) is 0.400. The molecule has 11 heavy (non-hydrogen) atoms.